The van der Waals surface area contributed by atoms with Crippen LogP contribution in [0.25, 0.3) is 0 Å². The van der Waals surface area contributed by atoms with Crippen LogP contribution in [0.15, 0.2) is 0 Å². The molecule has 2 N–H and O–H groups in total. The summed E-state index contributed by atoms with van der Waals surface area (Å²) in [5.41, 5.74) is 7.17. The Morgan fingerprint density at radius 1 is 1.56 bits per heavy atom. The molecular weight excluding hydrogens is 204 g/mol. The second-order valence-electron chi connectivity index (χ2n) is 3.64. The van der Waals surface area contributed by atoms with Gasteiger partial charge in [0.25, 0.3) is 0 Å². The van der Waals surface area contributed by atoms with E-state index in [1.54, 1.807) is 11.8 Å². The lowest BCUT2D eigenvalue weighted by atomic mass is 10.1. The second-order valence-corrected chi connectivity index (χ2v) is 3.64. The van der Waals surface area contributed by atoms with Crippen molar-refractivity contribution in [3.63, 3.8) is 0 Å². The lowest BCUT2D eigenvalue weighted by Gasteiger charge is -2.01. The number of methoxy groups -OCH3 is 1. The van der Waals surface area contributed by atoms with E-state index in [4.69, 9.17) is 15.7 Å². The van der Waals surface area contributed by atoms with E-state index in [9.17, 15) is 0 Å². The highest BCUT2D eigenvalue weighted by Gasteiger charge is 2.14. The standard InChI is InChI=1S/C11H18N4O/c1-3-4-5-10-9(8-12)11(13)15(14-10)6-7-16-2/h3-7,13H2,1-2H3. The summed E-state index contributed by atoms with van der Waals surface area (Å²) < 4.78 is 6.61. The van der Waals surface area contributed by atoms with Gasteiger partial charge in [-0.3, -0.25) is 0 Å². The number of hydrogen-bond acceptors (Lipinski definition) is 4. The van der Waals surface area contributed by atoms with E-state index in [-0.39, 0.29) is 0 Å². The molecule has 0 amide bonds. The molecule has 0 spiro atoms. The molecule has 0 bridgehead atoms. The number of aryl methyl sites for hydroxylation is 1. The average molecular weight is 222 g/mol. The fraction of sp³-hybridized carbons (Fsp3) is 0.636. The summed E-state index contributed by atoms with van der Waals surface area (Å²) >= 11 is 0. The predicted molar refractivity (Wildman–Crippen MR) is 61.8 cm³/mol. The Balaban J connectivity index is 2.87. The third-order valence-corrected chi connectivity index (χ3v) is 2.45. The van der Waals surface area contributed by atoms with Crippen molar-refractivity contribution in [1.82, 2.24) is 9.78 Å². The van der Waals surface area contributed by atoms with Crippen molar-refractivity contribution in [2.45, 2.75) is 32.7 Å². The van der Waals surface area contributed by atoms with Gasteiger partial charge in [0, 0.05) is 7.11 Å². The number of hydrogen-bond donors (Lipinski definition) is 1. The maximum atomic E-state index is 9.02. The highest BCUT2D eigenvalue weighted by molar-refractivity contribution is 5.52. The van der Waals surface area contributed by atoms with Crippen LogP contribution in [-0.2, 0) is 17.7 Å². The van der Waals surface area contributed by atoms with Gasteiger partial charge >= 0.3 is 0 Å². The topological polar surface area (TPSA) is 76.9 Å². The first kappa shape index (κ1) is 12.5. The lowest BCUT2D eigenvalue weighted by Crippen LogP contribution is -2.09. The molecule has 5 nitrogen and oxygen atoms in total. The first-order chi connectivity index (χ1) is 7.74. The quantitative estimate of drug-likeness (QED) is 0.787. The molecule has 0 unspecified atom stereocenters. The van der Waals surface area contributed by atoms with E-state index in [0.717, 1.165) is 25.0 Å². The van der Waals surface area contributed by atoms with E-state index in [1.807, 2.05) is 0 Å². The summed E-state index contributed by atoms with van der Waals surface area (Å²) in [5, 5.41) is 13.4. The zero-order valence-electron chi connectivity index (χ0n) is 9.86. The molecule has 5 heteroatoms. The smallest absolute Gasteiger partial charge is 0.140 e. The Bertz CT molecular complexity index is 378. The minimum Gasteiger partial charge on any atom is -0.383 e. The van der Waals surface area contributed by atoms with Crippen molar-refractivity contribution in [2.24, 2.45) is 0 Å². The van der Waals surface area contributed by atoms with Crippen LogP contribution in [0.4, 0.5) is 5.82 Å². The number of anilines is 1. The summed E-state index contributed by atoms with van der Waals surface area (Å²) in [6.07, 6.45) is 2.91. The maximum absolute atomic E-state index is 9.02. The molecule has 16 heavy (non-hydrogen) atoms. The van der Waals surface area contributed by atoms with Crippen LogP contribution in [0.1, 0.15) is 31.0 Å². The van der Waals surface area contributed by atoms with Crippen molar-refractivity contribution >= 4 is 5.82 Å². The van der Waals surface area contributed by atoms with E-state index in [0.29, 0.717) is 24.5 Å². The Morgan fingerprint density at radius 2 is 2.31 bits per heavy atom. The molecule has 88 valence electrons. The van der Waals surface area contributed by atoms with Gasteiger partial charge in [0.05, 0.1) is 18.8 Å². The summed E-state index contributed by atoms with van der Waals surface area (Å²) in [5.74, 6) is 0.450. The van der Waals surface area contributed by atoms with Crippen LogP contribution in [0, 0.1) is 11.3 Å². The van der Waals surface area contributed by atoms with Crippen LogP contribution in [0.3, 0.4) is 0 Å². The van der Waals surface area contributed by atoms with Gasteiger partial charge in [-0.1, -0.05) is 13.3 Å². The average Bonchev–Trinajstić information content (AvgIpc) is 2.60. The zero-order chi connectivity index (χ0) is 12.0. The molecule has 1 aromatic rings. The molecule has 1 rings (SSSR count). The fourth-order valence-corrected chi connectivity index (χ4v) is 1.52. The summed E-state index contributed by atoms with van der Waals surface area (Å²) in [4.78, 5) is 0. The Hall–Kier alpha value is -1.54. The Labute approximate surface area is 95.8 Å². The van der Waals surface area contributed by atoms with Gasteiger partial charge in [-0.15, -0.1) is 0 Å². The summed E-state index contributed by atoms with van der Waals surface area (Å²) in [6.45, 7) is 3.24. The van der Waals surface area contributed by atoms with Gasteiger partial charge in [-0.25, -0.2) is 4.68 Å². The fourth-order valence-electron chi connectivity index (χ4n) is 1.52. The summed E-state index contributed by atoms with van der Waals surface area (Å²) in [6, 6.07) is 2.12. The highest BCUT2D eigenvalue weighted by Crippen LogP contribution is 2.17. The summed E-state index contributed by atoms with van der Waals surface area (Å²) in [7, 11) is 1.63. The molecule has 0 saturated carbocycles. The van der Waals surface area contributed by atoms with E-state index in [2.05, 4.69) is 18.1 Å². The first-order valence-electron chi connectivity index (χ1n) is 5.48. The number of ether oxygens (including phenoxy) is 1. The molecule has 1 heterocycles. The van der Waals surface area contributed by atoms with Crippen molar-refractivity contribution < 1.29 is 4.74 Å². The third kappa shape index (κ3) is 2.74. The number of unbranched alkanes of at least 4 members (excludes halogenated alkanes) is 1. The first-order valence-corrected chi connectivity index (χ1v) is 5.48. The predicted octanol–water partition coefficient (Wildman–Crippen LogP) is 1.33. The molecule has 0 radical (unpaired) electrons. The van der Waals surface area contributed by atoms with E-state index < -0.39 is 0 Å². The van der Waals surface area contributed by atoms with Crippen LogP contribution >= 0.6 is 0 Å². The second kappa shape index (κ2) is 6.13. The monoisotopic (exact) mass is 222 g/mol. The molecule has 0 atom stereocenters. The number of rotatable bonds is 6. The van der Waals surface area contributed by atoms with Crippen molar-refractivity contribution in [2.75, 3.05) is 19.5 Å². The van der Waals surface area contributed by atoms with Gasteiger partial charge in [-0.2, -0.15) is 10.4 Å². The lowest BCUT2D eigenvalue weighted by molar-refractivity contribution is 0.184. The third-order valence-electron chi connectivity index (χ3n) is 2.45. The minimum absolute atomic E-state index is 0.450. The van der Waals surface area contributed by atoms with Gasteiger partial charge in [0.15, 0.2) is 0 Å². The molecule has 0 aromatic carbocycles. The van der Waals surface area contributed by atoms with Crippen molar-refractivity contribution in [3.05, 3.63) is 11.3 Å². The van der Waals surface area contributed by atoms with Crippen molar-refractivity contribution in [3.8, 4) is 6.07 Å². The largest absolute Gasteiger partial charge is 0.383 e. The number of aromatic nitrogens is 2. The zero-order valence-corrected chi connectivity index (χ0v) is 9.86. The highest BCUT2D eigenvalue weighted by atomic mass is 16.5. The molecular formula is C11H18N4O. The van der Waals surface area contributed by atoms with Gasteiger partial charge < -0.3 is 10.5 Å². The number of nitrogens with two attached hydrogens (primary N) is 1. The molecule has 0 aliphatic carbocycles. The normalized spacial score (nSPS) is 10.3. The van der Waals surface area contributed by atoms with Crippen LogP contribution in [0.5, 0.6) is 0 Å². The van der Waals surface area contributed by atoms with Gasteiger partial charge in [0.2, 0.25) is 0 Å². The van der Waals surface area contributed by atoms with Gasteiger partial charge in [0.1, 0.15) is 17.5 Å². The van der Waals surface area contributed by atoms with E-state index in [1.165, 1.54) is 0 Å². The number of nitriles is 1. The van der Waals surface area contributed by atoms with Crippen LogP contribution < -0.4 is 5.73 Å². The minimum atomic E-state index is 0.450. The van der Waals surface area contributed by atoms with Crippen LogP contribution in [0.2, 0.25) is 0 Å². The van der Waals surface area contributed by atoms with E-state index >= 15 is 0 Å². The number of nitrogens with zero attached hydrogens (tertiary/aromatic N) is 3. The molecule has 0 fully saturated rings. The van der Waals surface area contributed by atoms with Crippen molar-refractivity contribution in [1.29, 1.82) is 5.26 Å². The van der Waals surface area contributed by atoms with Gasteiger partial charge in [-0.05, 0) is 12.8 Å². The Kier molecular flexibility index (Phi) is 4.80. The SMILES string of the molecule is CCCCc1nn(CCOC)c(N)c1C#N. The van der Waals surface area contributed by atoms with Crippen LogP contribution in [-0.4, -0.2) is 23.5 Å². The molecule has 1 aromatic heterocycles. The molecule has 0 aliphatic heterocycles. The number of nitrogen functional groups attached to an aromatic ring is 1. The molecule has 0 aliphatic rings. The maximum Gasteiger partial charge on any atom is 0.140 e. The Morgan fingerprint density at radius 3 is 2.88 bits per heavy atom. The molecule has 0 saturated heterocycles.